The third kappa shape index (κ3) is 4.30. The Hall–Kier alpha value is -2.93. The lowest BCUT2D eigenvalue weighted by Gasteiger charge is -2.17. The molecule has 1 N–H and O–H groups in total. The molecule has 0 saturated heterocycles. The molecule has 0 spiro atoms. The van der Waals surface area contributed by atoms with Crippen molar-refractivity contribution in [2.45, 2.75) is 0 Å². The molecule has 124 valence electrons. The van der Waals surface area contributed by atoms with Gasteiger partial charge >= 0.3 is 0 Å². The largest absolute Gasteiger partial charge is 0.332 e. The van der Waals surface area contributed by atoms with Crippen molar-refractivity contribution in [3.8, 4) is 0 Å². The molecule has 8 heteroatoms. The summed E-state index contributed by atoms with van der Waals surface area (Å²) in [7, 11) is 1.40. The molecule has 2 aromatic carbocycles. The number of nitrogens with one attached hydrogen (secondary N) is 1. The third-order valence-corrected chi connectivity index (χ3v) is 3.44. The number of amides is 2. The Morgan fingerprint density at radius 2 is 1.79 bits per heavy atom. The van der Waals surface area contributed by atoms with Crippen LogP contribution in [0.25, 0.3) is 0 Å². The maximum absolute atomic E-state index is 12.3. The van der Waals surface area contributed by atoms with Gasteiger partial charge < -0.3 is 10.2 Å². The van der Waals surface area contributed by atoms with Crippen molar-refractivity contribution in [3.05, 3.63) is 69.2 Å². The van der Waals surface area contributed by atoms with Crippen molar-refractivity contribution in [3.63, 3.8) is 0 Å². The highest BCUT2D eigenvalue weighted by Gasteiger charge is 2.23. The van der Waals surface area contributed by atoms with Crippen LogP contribution in [0.1, 0.15) is 10.4 Å². The molecular weight excluding hydrogens is 334 g/mol. The van der Waals surface area contributed by atoms with E-state index in [1.165, 1.54) is 31.3 Å². The number of benzene rings is 2. The van der Waals surface area contributed by atoms with E-state index in [2.05, 4.69) is 5.32 Å². The van der Waals surface area contributed by atoms with E-state index in [0.29, 0.717) is 10.7 Å². The molecule has 2 rings (SSSR count). The predicted octanol–water partition coefficient (Wildman–Crippen LogP) is 2.96. The minimum Gasteiger partial charge on any atom is -0.332 e. The van der Waals surface area contributed by atoms with Gasteiger partial charge in [0.25, 0.3) is 11.6 Å². The van der Waals surface area contributed by atoms with Gasteiger partial charge in [0.2, 0.25) is 5.91 Å². The van der Waals surface area contributed by atoms with E-state index in [-0.39, 0.29) is 17.8 Å². The summed E-state index contributed by atoms with van der Waals surface area (Å²) in [6, 6.07) is 12.1. The van der Waals surface area contributed by atoms with Crippen molar-refractivity contribution in [2.75, 3.05) is 18.9 Å². The molecule has 0 aliphatic carbocycles. The van der Waals surface area contributed by atoms with Gasteiger partial charge in [0.1, 0.15) is 5.56 Å². The van der Waals surface area contributed by atoms with Gasteiger partial charge in [0, 0.05) is 23.8 Å². The molecule has 0 aliphatic rings. The summed E-state index contributed by atoms with van der Waals surface area (Å²) >= 11 is 5.76. The molecular formula is C16H14ClN3O4. The molecule has 0 fully saturated rings. The quantitative estimate of drug-likeness (QED) is 0.664. The second-order valence-corrected chi connectivity index (χ2v) is 5.43. The van der Waals surface area contributed by atoms with Crippen molar-refractivity contribution < 1.29 is 14.5 Å². The number of anilines is 1. The van der Waals surface area contributed by atoms with E-state index in [1.54, 1.807) is 24.3 Å². The van der Waals surface area contributed by atoms with Crippen LogP contribution in [0.15, 0.2) is 48.5 Å². The molecule has 0 atom stereocenters. The Labute approximate surface area is 143 Å². The number of nitro groups is 1. The van der Waals surface area contributed by atoms with E-state index >= 15 is 0 Å². The minimum atomic E-state index is -0.630. The zero-order valence-corrected chi connectivity index (χ0v) is 13.5. The normalized spacial score (nSPS) is 10.1. The first-order valence-corrected chi connectivity index (χ1v) is 7.30. The lowest BCUT2D eigenvalue weighted by atomic mass is 10.1. The standard InChI is InChI=1S/C16H14ClN3O4/c1-19(10-15(21)18-12-8-6-11(17)7-9-12)16(22)13-4-2-3-5-14(13)20(23)24/h2-9H,10H2,1H3,(H,18,21). The summed E-state index contributed by atoms with van der Waals surface area (Å²) in [5.74, 6) is -1.03. The zero-order chi connectivity index (χ0) is 17.7. The lowest BCUT2D eigenvalue weighted by molar-refractivity contribution is -0.385. The van der Waals surface area contributed by atoms with E-state index in [1.807, 2.05) is 0 Å². The summed E-state index contributed by atoms with van der Waals surface area (Å²) in [4.78, 5) is 35.8. The van der Waals surface area contributed by atoms with Crippen LogP contribution in [0.3, 0.4) is 0 Å². The molecule has 0 saturated carbocycles. The number of hydrogen-bond acceptors (Lipinski definition) is 4. The summed E-state index contributed by atoms with van der Waals surface area (Å²) in [5.41, 5.74) is 0.174. The Bertz CT molecular complexity index is 777. The van der Waals surface area contributed by atoms with Crippen molar-refractivity contribution in [2.24, 2.45) is 0 Å². The number of nitrogens with zero attached hydrogens (tertiary/aromatic N) is 2. The molecule has 7 nitrogen and oxygen atoms in total. The molecule has 2 aromatic rings. The van der Waals surface area contributed by atoms with E-state index in [9.17, 15) is 19.7 Å². The van der Waals surface area contributed by atoms with Crippen molar-refractivity contribution in [1.82, 2.24) is 4.90 Å². The molecule has 0 aliphatic heterocycles. The van der Waals surface area contributed by atoms with Crippen LogP contribution in [0.4, 0.5) is 11.4 Å². The molecule has 2 amide bonds. The van der Waals surface area contributed by atoms with Gasteiger partial charge in [-0.25, -0.2) is 0 Å². The van der Waals surface area contributed by atoms with Gasteiger partial charge in [0.05, 0.1) is 11.5 Å². The summed E-state index contributed by atoms with van der Waals surface area (Å²) < 4.78 is 0. The SMILES string of the molecule is CN(CC(=O)Nc1ccc(Cl)cc1)C(=O)c1ccccc1[N+](=O)[O-]. The Morgan fingerprint density at radius 3 is 2.42 bits per heavy atom. The maximum atomic E-state index is 12.3. The molecule has 24 heavy (non-hydrogen) atoms. The number of hydrogen-bond donors (Lipinski definition) is 1. The highest BCUT2D eigenvalue weighted by atomic mass is 35.5. The number of para-hydroxylation sites is 1. The first-order chi connectivity index (χ1) is 11.4. The van der Waals surface area contributed by atoms with Gasteiger partial charge in [-0.05, 0) is 30.3 Å². The highest BCUT2D eigenvalue weighted by Crippen LogP contribution is 2.19. The van der Waals surface area contributed by atoms with Gasteiger partial charge in [-0.3, -0.25) is 19.7 Å². The van der Waals surface area contributed by atoms with Crippen LogP contribution in [0.2, 0.25) is 5.02 Å². The van der Waals surface area contributed by atoms with Gasteiger partial charge in [-0.2, -0.15) is 0 Å². The fourth-order valence-corrected chi connectivity index (χ4v) is 2.17. The fraction of sp³-hybridized carbons (Fsp3) is 0.125. The number of nitro benzene ring substituents is 1. The van der Waals surface area contributed by atoms with Crippen LogP contribution in [0.5, 0.6) is 0 Å². The number of carbonyl (C=O) groups is 2. The van der Waals surface area contributed by atoms with Crippen LogP contribution in [-0.4, -0.2) is 35.2 Å². The highest BCUT2D eigenvalue weighted by molar-refractivity contribution is 6.30. The van der Waals surface area contributed by atoms with Gasteiger partial charge in [-0.15, -0.1) is 0 Å². The monoisotopic (exact) mass is 347 g/mol. The predicted molar refractivity (Wildman–Crippen MR) is 90.1 cm³/mol. The summed E-state index contributed by atoms with van der Waals surface area (Å²) in [6.45, 7) is -0.243. The lowest BCUT2D eigenvalue weighted by Crippen LogP contribution is -2.35. The molecule has 0 radical (unpaired) electrons. The molecule has 0 unspecified atom stereocenters. The van der Waals surface area contributed by atoms with Crippen LogP contribution in [-0.2, 0) is 4.79 Å². The summed E-state index contributed by atoms with van der Waals surface area (Å²) in [6.07, 6.45) is 0. The van der Waals surface area contributed by atoms with Gasteiger partial charge in [0.15, 0.2) is 0 Å². The molecule has 0 bridgehead atoms. The van der Waals surface area contributed by atoms with Crippen LogP contribution >= 0.6 is 11.6 Å². The molecule has 0 aromatic heterocycles. The number of carbonyl (C=O) groups excluding carboxylic acids is 2. The van der Waals surface area contributed by atoms with E-state index in [4.69, 9.17) is 11.6 Å². The number of halogens is 1. The van der Waals surface area contributed by atoms with Crippen molar-refractivity contribution >= 4 is 34.8 Å². The Balaban J connectivity index is 2.05. The maximum Gasteiger partial charge on any atom is 0.282 e. The smallest absolute Gasteiger partial charge is 0.282 e. The number of rotatable bonds is 5. The fourth-order valence-electron chi connectivity index (χ4n) is 2.04. The minimum absolute atomic E-state index is 0.0655. The zero-order valence-electron chi connectivity index (χ0n) is 12.7. The van der Waals surface area contributed by atoms with Crippen LogP contribution < -0.4 is 5.32 Å². The van der Waals surface area contributed by atoms with Crippen LogP contribution in [0, 0.1) is 10.1 Å². The average molecular weight is 348 g/mol. The molecule has 0 heterocycles. The van der Waals surface area contributed by atoms with E-state index in [0.717, 1.165) is 4.90 Å². The van der Waals surface area contributed by atoms with Gasteiger partial charge in [-0.1, -0.05) is 23.7 Å². The Kier molecular flexibility index (Phi) is 5.49. The first kappa shape index (κ1) is 17.4. The second-order valence-electron chi connectivity index (χ2n) is 4.99. The Morgan fingerprint density at radius 1 is 1.17 bits per heavy atom. The summed E-state index contributed by atoms with van der Waals surface area (Å²) in [5, 5.41) is 14.1. The number of likely N-dealkylation sites (N-methyl/N-ethyl adjacent to an activating group) is 1. The van der Waals surface area contributed by atoms with Crippen molar-refractivity contribution in [1.29, 1.82) is 0 Å². The average Bonchev–Trinajstić information content (AvgIpc) is 2.56. The third-order valence-electron chi connectivity index (χ3n) is 3.19. The second kappa shape index (κ2) is 7.56. The van der Waals surface area contributed by atoms with E-state index < -0.39 is 16.7 Å². The topological polar surface area (TPSA) is 92.6 Å². The first-order valence-electron chi connectivity index (χ1n) is 6.93.